The number of rotatable bonds is 7. The lowest BCUT2D eigenvalue weighted by atomic mass is 10.2. The Bertz CT molecular complexity index is 494. The molecule has 2 N–H and O–H groups in total. The molecule has 5 nitrogen and oxygen atoms in total. The molecule has 0 bridgehead atoms. The maximum absolute atomic E-state index is 13.9. The summed E-state index contributed by atoms with van der Waals surface area (Å²) >= 11 is 0. The molecule has 1 saturated heterocycles. The molecule has 1 heterocycles. The highest BCUT2D eigenvalue weighted by molar-refractivity contribution is 5.69. The normalized spacial score (nSPS) is 17.7. The predicted molar refractivity (Wildman–Crippen MR) is 76.7 cm³/mol. The molecule has 1 unspecified atom stereocenters. The number of carbonyl (C=O) groups is 1. The minimum atomic E-state index is -0.462. The molecule has 1 amide bonds. The van der Waals surface area contributed by atoms with Gasteiger partial charge in [-0.25, -0.2) is 9.18 Å². The summed E-state index contributed by atoms with van der Waals surface area (Å²) in [6, 6.07) is 4.89. The zero-order valence-electron chi connectivity index (χ0n) is 12.3. The highest BCUT2D eigenvalue weighted by Crippen LogP contribution is 2.19. The second kappa shape index (κ2) is 7.26. The lowest BCUT2D eigenvalue weighted by molar-refractivity contribution is 0.103. The van der Waals surface area contributed by atoms with Gasteiger partial charge in [0.25, 0.3) is 0 Å². The topological polar surface area (TPSA) is 59.6 Å². The first-order valence-corrected chi connectivity index (χ1v) is 7.11. The number of alkyl carbamates (subject to hydrolysis) is 1. The summed E-state index contributed by atoms with van der Waals surface area (Å²) in [4.78, 5) is 10.9. The molecule has 0 spiro atoms. The molecule has 1 fully saturated rings. The Balaban J connectivity index is 1.82. The van der Waals surface area contributed by atoms with Crippen LogP contribution in [0.2, 0.25) is 0 Å². The Kier molecular flexibility index (Phi) is 5.38. The Labute approximate surface area is 123 Å². The summed E-state index contributed by atoms with van der Waals surface area (Å²) < 4.78 is 24.2. The van der Waals surface area contributed by atoms with Gasteiger partial charge in [0, 0.05) is 6.54 Å². The Morgan fingerprint density at radius 1 is 1.52 bits per heavy atom. The van der Waals surface area contributed by atoms with Crippen LogP contribution >= 0.6 is 0 Å². The van der Waals surface area contributed by atoms with E-state index >= 15 is 0 Å². The van der Waals surface area contributed by atoms with Gasteiger partial charge in [0.1, 0.15) is 6.61 Å². The fourth-order valence-electron chi connectivity index (χ4n) is 1.98. The third-order valence-electron chi connectivity index (χ3n) is 3.05. The predicted octanol–water partition coefficient (Wildman–Crippen LogP) is 2.06. The molecule has 1 aliphatic heterocycles. The summed E-state index contributed by atoms with van der Waals surface area (Å²) in [6.07, 6.45) is -0.833. The summed E-state index contributed by atoms with van der Waals surface area (Å²) in [5, 5.41) is 5.77. The highest BCUT2D eigenvalue weighted by atomic mass is 19.1. The van der Waals surface area contributed by atoms with Crippen LogP contribution in [0.25, 0.3) is 0 Å². The van der Waals surface area contributed by atoms with Gasteiger partial charge in [0.15, 0.2) is 17.7 Å². The molecule has 0 radical (unpaired) electrons. The molecule has 116 valence electrons. The van der Waals surface area contributed by atoms with Crippen LogP contribution in [0.5, 0.6) is 5.75 Å². The third kappa shape index (κ3) is 4.90. The monoisotopic (exact) mass is 296 g/mol. The Morgan fingerprint density at radius 2 is 2.33 bits per heavy atom. The first kappa shape index (κ1) is 15.6. The van der Waals surface area contributed by atoms with Gasteiger partial charge in [-0.1, -0.05) is 19.9 Å². The molecule has 2 rings (SSSR count). The van der Waals surface area contributed by atoms with Gasteiger partial charge in [-0.15, -0.1) is 0 Å². The van der Waals surface area contributed by atoms with E-state index in [9.17, 15) is 9.18 Å². The van der Waals surface area contributed by atoms with Crippen LogP contribution in [0.15, 0.2) is 18.2 Å². The van der Waals surface area contributed by atoms with Crippen molar-refractivity contribution in [3.8, 4) is 5.75 Å². The molecule has 0 aromatic heterocycles. The number of ether oxygens (including phenoxy) is 2. The van der Waals surface area contributed by atoms with Crippen LogP contribution in [-0.4, -0.2) is 31.9 Å². The molecule has 0 aliphatic carbocycles. The summed E-state index contributed by atoms with van der Waals surface area (Å²) in [7, 11) is 0. The maximum atomic E-state index is 13.9. The van der Waals surface area contributed by atoms with Gasteiger partial charge >= 0.3 is 6.09 Å². The number of hydrogen-bond acceptors (Lipinski definition) is 4. The van der Waals surface area contributed by atoms with Gasteiger partial charge in [-0.2, -0.15) is 0 Å². The average Bonchev–Trinajstić information content (AvgIpc) is 2.83. The molecular formula is C15H21FN2O3. The van der Waals surface area contributed by atoms with Crippen LogP contribution in [-0.2, 0) is 11.3 Å². The van der Waals surface area contributed by atoms with Crippen molar-refractivity contribution in [3.63, 3.8) is 0 Å². The van der Waals surface area contributed by atoms with E-state index in [2.05, 4.69) is 24.5 Å². The molecule has 0 saturated carbocycles. The lowest BCUT2D eigenvalue weighted by Crippen LogP contribution is -2.22. The van der Waals surface area contributed by atoms with Gasteiger partial charge in [0.2, 0.25) is 0 Å². The number of cyclic esters (lactones) is 1. The quantitative estimate of drug-likeness (QED) is 0.808. The van der Waals surface area contributed by atoms with E-state index in [1.807, 2.05) is 6.07 Å². The maximum Gasteiger partial charge on any atom is 0.407 e. The number of nitrogens with one attached hydrogen (secondary N) is 2. The molecular weight excluding hydrogens is 275 g/mol. The van der Waals surface area contributed by atoms with Crippen LogP contribution in [0, 0.1) is 11.7 Å². The number of benzene rings is 1. The van der Waals surface area contributed by atoms with Crippen LogP contribution in [0.1, 0.15) is 19.4 Å². The van der Waals surface area contributed by atoms with E-state index in [1.165, 1.54) is 6.07 Å². The van der Waals surface area contributed by atoms with E-state index in [0.29, 0.717) is 19.0 Å². The van der Waals surface area contributed by atoms with Crippen molar-refractivity contribution < 1.29 is 18.7 Å². The molecule has 1 atom stereocenters. The van der Waals surface area contributed by atoms with Crippen molar-refractivity contribution in [2.24, 2.45) is 5.92 Å². The van der Waals surface area contributed by atoms with Gasteiger partial charge in [-0.3, -0.25) is 0 Å². The van der Waals surface area contributed by atoms with Crippen molar-refractivity contribution in [1.82, 2.24) is 10.6 Å². The summed E-state index contributed by atoms with van der Waals surface area (Å²) in [6.45, 7) is 6.28. The lowest BCUT2D eigenvalue weighted by Gasteiger charge is -2.12. The number of amides is 1. The molecule has 1 aromatic carbocycles. The third-order valence-corrected chi connectivity index (χ3v) is 3.05. The second-order valence-electron chi connectivity index (χ2n) is 5.51. The van der Waals surface area contributed by atoms with E-state index < -0.39 is 11.9 Å². The van der Waals surface area contributed by atoms with Crippen LogP contribution < -0.4 is 15.4 Å². The smallest absolute Gasteiger partial charge is 0.407 e. The van der Waals surface area contributed by atoms with E-state index in [4.69, 9.17) is 9.47 Å². The zero-order chi connectivity index (χ0) is 15.2. The first-order chi connectivity index (χ1) is 10.0. The molecule has 1 aromatic rings. The summed E-state index contributed by atoms with van der Waals surface area (Å²) in [5.41, 5.74) is 0.870. The van der Waals surface area contributed by atoms with Crippen molar-refractivity contribution in [1.29, 1.82) is 0 Å². The summed E-state index contributed by atoms with van der Waals surface area (Å²) in [5.74, 6) is 0.321. The van der Waals surface area contributed by atoms with Gasteiger partial charge < -0.3 is 20.1 Å². The van der Waals surface area contributed by atoms with E-state index in [0.717, 1.165) is 12.1 Å². The minimum Gasteiger partial charge on any atom is -0.487 e. The number of hydrogen-bond donors (Lipinski definition) is 2. The first-order valence-electron chi connectivity index (χ1n) is 7.11. The zero-order valence-corrected chi connectivity index (χ0v) is 12.3. The van der Waals surface area contributed by atoms with Gasteiger partial charge in [0.05, 0.1) is 6.54 Å². The van der Waals surface area contributed by atoms with Crippen molar-refractivity contribution in [3.05, 3.63) is 29.6 Å². The largest absolute Gasteiger partial charge is 0.487 e. The van der Waals surface area contributed by atoms with Crippen LogP contribution in [0.3, 0.4) is 0 Å². The minimum absolute atomic E-state index is 0.139. The fraction of sp³-hybridized carbons (Fsp3) is 0.533. The van der Waals surface area contributed by atoms with E-state index in [-0.39, 0.29) is 18.5 Å². The number of halogens is 1. The van der Waals surface area contributed by atoms with Crippen molar-refractivity contribution >= 4 is 6.09 Å². The van der Waals surface area contributed by atoms with Crippen molar-refractivity contribution in [2.45, 2.75) is 26.5 Å². The van der Waals surface area contributed by atoms with Crippen LogP contribution in [0.4, 0.5) is 9.18 Å². The van der Waals surface area contributed by atoms with E-state index in [1.54, 1.807) is 6.07 Å². The van der Waals surface area contributed by atoms with Gasteiger partial charge in [-0.05, 0) is 30.2 Å². The second-order valence-corrected chi connectivity index (χ2v) is 5.51. The van der Waals surface area contributed by atoms with Crippen molar-refractivity contribution in [2.75, 3.05) is 19.7 Å². The molecule has 1 aliphatic rings. The molecule has 21 heavy (non-hydrogen) atoms. The Hall–Kier alpha value is -1.82. The number of carbonyl (C=O) groups excluding carboxylic acids is 1. The average molecular weight is 296 g/mol. The Morgan fingerprint density at radius 3 is 2.95 bits per heavy atom. The standard InChI is InChI=1S/C15H21FN2O3/c1-10(2)6-17-7-11-3-4-14(13(16)5-11)20-9-12-8-18-15(19)21-12/h3-5,10,12,17H,6-9H2,1-2H3,(H,18,19). The SMILES string of the molecule is CC(C)CNCc1ccc(OCC2CNC(=O)O2)c(F)c1. The highest BCUT2D eigenvalue weighted by Gasteiger charge is 2.23. The molecule has 6 heteroatoms. The fourth-order valence-corrected chi connectivity index (χ4v) is 1.98.